The summed E-state index contributed by atoms with van der Waals surface area (Å²) in [7, 11) is 0. The Balaban J connectivity index is 0.00000324. The molecule has 0 aromatic heterocycles. The summed E-state index contributed by atoms with van der Waals surface area (Å²) in [6.07, 6.45) is -3.59. The van der Waals surface area contributed by atoms with Crippen molar-refractivity contribution >= 4 is 28.3 Å². The highest BCUT2D eigenvalue weighted by Crippen LogP contribution is 2.33. The third-order valence-corrected chi connectivity index (χ3v) is 2.81. The molecule has 0 amide bonds. The molecule has 0 aliphatic carbocycles. The fraction of sp³-hybridized carbons (Fsp3) is 0.455. The van der Waals surface area contributed by atoms with Crippen LogP contribution in [0, 0.1) is 0 Å². The number of ether oxygens (including phenoxy) is 1. The summed E-state index contributed by atoms with van der Waals surface area (Å²) < 4.78 is 41.3. The fourth-order valence-electron chi connectivity index (χ4n) is 1.52. The van der Waals surface area contributed by atoms with E-state index < -0.39 is 12.4 Å². The summed E-state index contributed by atoms with van der Waals surface area (Å²) in [5, 5.41) is 0. The highest BCUT2D eigenvalue weighted by molar-refractivity contribution is 9.10. The van der Waals surface area contributed by atoms with Gasteiger partial charge in [-0.25, -0.2) is 0 Å². The molecule has 4 N–H and O–H groups in total. The number of benzene rings is 1. The number of alkyl halides is 3. The molecular weight excluding hydrogens is 348 g/mol. The average Bonchev–Trinajstić information content (AvgIpc) is 2.26. The van der Waals surface area contributed by atoms with Crippen LogP contribution in [0.2, 0.25) is 0 Å². The second kappa shape index (κ2) is 7.94. The van der Waals surface area contributed by atoms with Gasteiger partial charge < -0.3 is 16.2 Å². The first-order chi connectivity index (χ1) is 8.33. The number of nitrogens with two attached hydrogens (primary N) is 2. The number of hydrogen-bond acceptors (Lipinski definition) is 3. The van der Waals surface area contributed by atoms with E-state index >= 15 is 0 Å². The molecule has 0 saturated heterocycles. The van der Waals surface area contributed by atoms with Gasteiger partial charge in [0.25, 0.3) is 0 Å². The zero-order chi connectivity index (χ0) is 13.8. The summed E-state index contributed by atoms with van der Waals surface area (Å²) in [6.45, 7) is 0.442. The van der Waals surface area contributed by atoms with E-state index in [1.54, 1.807) is 0 Å². The SMILES string of the molecule is Cl.NCCC[C@@H](N)c1cc(Br)ccc1OC(F)(F)F. The molecule has 1 aromatic carbocycles. The summed E-state index contributed by atoms with van der Waals surface area (Å²) in [5.74, 6) is -0.268. The largest absolute Gasteiger partial charge is 0.573 e. The predicted molar refractivity (Wildman–Crippen MR) is 73.3 cm³/mol. The van der Waals surface area contributed by atoms with Crippen LogP contribution in [0.25, 0.3) is 0 Å². The molecule has 1 rings (SSSR count). The second-order valence-corrected chi connectivity index (χ2v) is 4.68. The van der Waals surface area contributed by atoms with Crippen LogP contribution in [-0.4, -0.2) is 12.9 Å². The lowest BCUT2D eigenvalue weighted by Gasteiger charge is -2.18. The van der Waals surface area contributed by atoms with Gasteiger partial charge in [-0.05, 0) is 37.6 Å². The van der Waals surface area contributed by atoms with E-state index in [1.807, 2.05) is 0 Å². The van der Waals surface area contributed by atoms with Crippen LogP contribution in [0.1, 0.15) is 24.4 Å². The van der Waals surface area contributed by atoms with Crippen LogP contribution in [0.4, 0.5) is 13.2 Å². The average molecular weight is 364 g/mol. The zero-order valence-corrected chi connectivity index (χ0v) is 12.3. The van der Waals surface area contributed by atoms with Gasteiger partial charge in [0.05, 0.1) is 0 Å². The molecule has 0 radical (unpaired) electrons. The van der Waals surface area contributed by atoms with Gasteiger partial charge in [0.15, 0.2) is 0 Å². The first-order valence-electron chi connectivity index (χ1n) is 5.34. The molecule has 0 aliphatic rings. The van der Waals surface area contributed by atoms with Crippen molar-refractivity contribution in [3.05, 3.63) is 28.2 Å². The highest BCUT2D eigenvalue weighted by Gasteiger charge is 2.32. The van der Waals surface area contributed by atoms with Crippen LogP contribution < -0.4 is 16.2 Å². The third-order valence-electron chi connectivity index (χ3n) is 2.32. The Morgan fingerprint density at radius 1 is 1.32 bits per heavy atom. The molecule has 0 bridgehead atoms. The monoisotopic (exact) mass is 362 g/mol. The van der Waals surface area contributed by atoms with Crippen molar-refractivity contribution in [2.75, 3.05) is 6.54 Å². The molecular formula is C11H15BrClF3N2O. The van der Waals surface area contributed by atoms with Crippen molar-refractivity contribution in [1.29, 1.82) is 0 Å². The molecule has 0 heterocycles. The van der Waals surface area contributed by atoms with Gasteiger partial charge in [-0.2, -0.15) is 0 Å². The first kappa shape index (κ1) is 18.5. The van der Waals surface area contributed by atoms with Crippen molar-refractivity contribution < 1.29 is 17.9 Å². The zero-order valence-electron chi connectivity index (χ0n) is 9.91. The van der Waals surface area contributed by atoms with Gasteiger partial charge in [0, 0.05) is 16.1 Å². The van der Waals surface area contributed by atoms with Crippen molar-refractivity contribution in [2.45, 2.75) is 25.2 Å². The van der Waals surface area contributed by atoms with E-state index in [-0.39, 0.29) is 18.2 Å². The lowest BCUT2D eigenvalue weighted by atomic mass is 10.0. The van der Waals surface area contributed by atoms with E-state index in [9.17, 15) is 13.2 Å². The number of rotatable bonds is 5. The minimum absolute atomic E-state index is 0. The van der Waals surface area contributed by atoms with E-state index in [2.05, 4.69) is 20.7 Å². The van der Waals surface area contributed by atoms with E-state index in [0.717, 1.165) is 0 Å². The van der Waals surface area contributed by atoms with Crippen LogP contribution in [0.3, 0.4) is 0 Å². The maximum absolute atomic E-state index is 12.2. The van der Waals surface area contributed by atoms with Crippen molar-refractivity contribution in [3.63, 3.8) is 0 Å². The summed E-state index contributed by atoms with van der Waals surface area (Å²) in [6, 6.07) is 3.71. The van der Waals surface area contributed by atoms with Gasteiger partial charge in [-0.15, -0.1) is 25.6 Å². The molecule has 1 aromatic rings. The Kier molecular flexibility index (Phi) is 7.73. The minimum Gasteiger partial charge on any atom is -0.405 e. The van der Waals surface area contributed by atoms with Crippen LogP contribution >= 0.6 is 28.3 Å². The smallest absolute Gasteiger partial charge is 0.405 e. The van der Waals surface area contributed by atoms with Crippen molar-refractivity contribution in [1.82, 2.24) is 0 Å². The summed E-state index contributed by atoms with van der Waals surface area (Å²) >= 11 is 3.20. The number of hydrogen-bond donors (Lipinski definition) is 2. The van der Waals surface area contributed by atoms with Gasteiger partial charge in [0.1, 0.15) is 5.75 Å². The summed E-state index contributed by atoms with van der Waals surface area (Å²) in [5.41, 5.74) is 11.5. The molecule has 110 valence electrons. The van der Waals surface area contributed by atoms with Gasteiger partial charge in [0.2, 0.25) is 0 Å². The molecule has 0 fully saturated rings. The van der Waals surface area contributed by atoms with Gasteiger partial charge in [-0.3, -0.25) is 0 Å². The fourth-order valence-corrected chi connectivity index (χ4v) is 1.90. The maximum atomic E-state index is 12.2. The number of halogens is 5. The molecule has 1 atom stereocenters. The van der Waals surface area contributed by atoms with Crippen molar-refractivity contribution in [2.24, 2.45) is 11.5 Å². The Labute approximate surface area is 124 Å². The topological polar surface area (TPSA) is 61.3 Å². The Bertz CT molecular complexity index is 404. The van der Waals surface area contributed by atoms with Gasteiger partial charge in [-0.1, -0.05) is 15.9 Å². The third kappa shape index (κ3) is 6.47. The van der Waals surface area contributed by atoms with E-state index in [0.29, 0.717) is 29.4 Å². The minimum atomic E-state index is -4.73. The normalized spacial score (nSPS) is 12.7. The Morgan fingerprint density at radius 2 is 1.95 bits per heavy atom. The van der Waals surface area contributed by atoms with Gasteiger partial charge >= 0.3 is 6.36 Å². The molecule has 8 heteroatoms. The quantitative estimate of drug-likeness (QED) is 0.841. The summed E-state index contributed by atoms with van der Waals surface area (Å²) in [4.78, 5) is 0. The molecule has 0 spiro atoms. The molecule has 0 aliphatic heterocycles. The maximum Gasteiger partial charge on any atom is 0.573 e. The molecule has 0 unspecified atom stereocenters. The van der Waals surface area contributed by atoms with Crippen molar-refractivity contribution in [3.8, 4) is 5.75 Å². The second-order valence-electron chi connectivity index (χ2n) is 3.77. The molecule has 19 heavy (non-hydrogen) atoms. The molecule has 3 nitrogen and oxygen atoms in total. The standard InChI is InChI=1S/C11H14BrF3N2O.ClH/c12-7-3-4-10(18-11(13,14)15)8(6-7)9(17)2-1-5-16;/h3-4,6,9H,1-2,5,16-17H2;1H/t9-;/m1./s1. The Hall–Kier alpha value is -0.500. The Morgan fingerprint density at radius 3 is 2.47 bits per heavy atom. The first-order valence-corrected chi connectivity index (χ1v) is 6.13. The van der Waals surface area contributed by atoms with Crippen LogP contribution in [0.5, 0.6) is 5.75 Å². The lowest BCUT2D eigenvalue weighted by molar-refractivity contribution is -0.275. The van der Waals surface area contributed by atoms with Crippen LogP contribution in [-0.2, 0) is 0 Å². The lowest BCUT2D eigenvalue weighted by Crippen LogP contribution is -2.20. The van der Waals surface area contributed by atoms with E-state index in [1.165, 1.54) is 18.2 Å². The highest BCUT2D eigenvalue weighted by atomic mass is 79.9. The van der Waals surface area contributed by atoms with E-state index in [4.69, 9.17) is 11.5 Å². The predicted octanol–water partition coefficient (Wildman–Crippen LogP) is 3.51. The van der Waals surface area contributed by atoms with Crippen LogP contribution in [0.15, 0.2) is 22.7 Å². The molecule has 0 saturated carbocycles.